The molecule has 3 heteroatoms. The average molecular weight is 348 g/mol. The quantitative estimate of drug-likeness (QED) is 0.273. The molecule has 0 bridgehead atoms. The van der Waals surface area contributed by atoms with Gasteiger partial charge < -0.3 is 5.11 Å². The van der Waals surface area contributed by atoms with Gasteiger partial charge in [-0.3, -0.25) is 4.79 Å². The number of aliphatic carboxylic acids is 1. The Hall–Kier alpha value is -0.580. The fraction of sp³-hybridized carbons (Fsp3) is 0.500. The maximum atomic E-state index is 10.2. The van der Waals surface area contributed by atoms with Crippen molar-refractivity contribution in [3.63, 3.8) is 0 Å². The van der Waals surface area contributed by atoms with Crippen molar-refractivity contribution in [3.05, 3.63) is 36.5 Å². The molecular formula is C14H21IO2. The molecule has 0 aliphatic carbocycles. The summed E-state index contributed by atoms with van der Waals surface area (Å²) in [6.07, 6.45) is 17.8. The largest absolute Gasteiger partial charge is 0.481 e. The SMILES string of the molecule is O=C(O)CCC/C=C\C/C=C\C/C=C\CCI. The standard InChI is InChI=1S/C14H21IO2/c15-13-11-9-7-5-3-1-2-4-6-8-10-12-14(16)17/h1,3-4,6-7,9H,2,5,8,10-13H2,(H,16,17)/b3-1-,6-4-,9-7-. The van der Waals surface area contributed by atoms with Gasteiger partial charge in [-0.2, -0.15) is 0 Å². The van der Waals surface area contributed by atoms with Gasteiger partial charge in [0.05, 0.1) is 0 Å². The van der Waals surface area contributed by atoms with Gasteiger partial charge in [-0.25, -0.2) is 0 Å². The van der Waals surface area contributed by atoms with Crippen molar-refractivity contribution in [2.24, 2.45) is 0 Å². The van der Waals surface area contributed by atoms with Crippen LogP contribution in [-0.4, -0.2) is 15.5 Å². The third kappa shape index (κ3) is 15.4. The van der Waals surface area contributed by atoms with Gasteiger partial charge in [-0.05, 0) is 32.1 Å². The Morgan fingerprint density at radius 3 is 2.00 bits per heavy atom. The van der Waals surface area contributed by atoms with Crippen molar-refractivity contribution < 1.29 is 9.90 Å². The molecule has 0 amide bonds. The van der Waals surface area contributed by atoms with Crippen molar-refractivity contribution in [1.29, 1.82) is 0 Å². The van der Waals surface area contributed by atoms with Crippen LogP contribution in [0.15, 0.2) is 36.5 Å². The lowest BCUT2D eigenvalue weighted by Gasteiger charge is -1.89. The molecule has 17 heavy (non-hydrogen) atoms. The predicted molar refractivity (Wildman–Crippen MR) is 81.6 cm³/mol. The van der Waals surface area contributed by atoms with E-state index in [1.165, 1.54) is 4.43 Å². The number of hydrogen-bond donors (Lipinski definition) is 1. The molecule has 0 aromatic carbocycles. The lowest BCUT2D eigenvalue weighted by Crippen LogP contribution is -1.92. The van der Waals surface area contributed by atoms with E-state index in [2.05, 4.69) is 59.0 Å². The zero-order valence-electron chi connectivity index (χ0n) is 10.1. The van der Waals surface area contributed by atoms with Crippen LogP contribution in [0.2, 0.25) is 0 Å². The van der Waals surface area contributed by atoms with Crippen LogP contribution in [0.1, 0.15) is 38.5 Å². The smallest absolute Gasteiger partial charge is 0.303 e. The number of halogens is 1. The van der Waals surface area contributed by atoms with Crippen LogP contribution in [0.4, 0.5) is 0 Å². The van der Waals surface area contributed by atoms with E-state index in [1.807, 2.05) is 0 Å². The molecule has 0 radical (unpaired) electrons. The summed E-state index contributed by atoms with van der Waals surface area (Å²) < 4.78 is 1.18. The molecule has 0 heterocycles. The minimum atomic E-state index is -0.711. The first kappa shape index (κ1) is 16.4. The van der Waals surface area contributed by atoms with Gasteiger partial charge in [0.1, 0.15) is 0 Å². The first-order valence-electron chi connectivity index (χ1n) is 6.00. The van der Waals surface area contributed by atoms with E-state index in [9.17, 15) is 4.79 Å². The average Bonchev–Trinajstić information content (AvgIpc) is 2.30. The maximum absolute atomic E-state index is 10.2. The van der Waals surface area contributed by atoms with E-state index in [1.54, 1.807) is 0 Å². The Bertz CT molecular complexity index is 267. The van der Waals surface area contributed by atoms with Crippen LogP contribution >= 0.6 is 22.6 Å². The minimum absolute atomic E-state index is 0.266. The van der Waals surface area contributed by atoms with E-state index in [4.69, 9.17) is 5.11 Å². The zero-order chi connectivity index (χ0) is 12.8. The number of carbonyl (C=O) groups is 1. The predicted octanol–water partition coefficient (Wildman–Crippen LogP) is 4.52. The highest BCUT2D eigenvalue weighted by Gasteiger charge is 1.92. The van der Waals surface area contributed by atoms with Gasteiger partial charge >= 0.3 is 5.97 Å². The lowest BCUT2D eigenvalue weighted by atomic mass is 10.2. The summed E-state index contributed by atoms with van der Waals surface area (Å²) >= 11 is 2.37. The summed E-state index contributed by atoms with van der Waals surface area (Å²) in [5.74, 6) is -0.711. The van der Waals surface area contributed by atoms with Gasteiger partial charge in [-0.15, -0.1) is 0 Å². The molecule has 0 aromatic heterocycles. The van der Waals surface area contributed by atoms with Crippen molar-refractivity contribution in [2.75, 3.05) is 4.43 Å². The highest BCUT2D eigenvalue weighted by Crippen LogP contribution is 1.98. The fourth-order valence-electron chi connectivity index (χ4n) is 1.21. The van der Waals surface area contributed by atoms with E-state index in [0.29, 0.717) is 0 Å². The van der Waals surface area contributed by atoms with Crippen LogP contribution in [0.5, 0.6) is 0 Å². The number of unbranched alkanes of at least 4 members (excludes halogenated alkanes) is 1. The summed E-state index contributed by atoms with van der Waals surface area (Å²) in [5.41, 5.74) is 0. The van der Waals surface area contributed by atoms with Gasteiger partial charge in [0, 0.05) is 10.8 Å². The first-order chi connectivity index (χ1) is 8.27. The van der Waals surface area contributed by atoms with E-state index in [0.717, 1.165) is 32.1 Å². The number of allylic oxidation sites excluding steroid dienone is 6. The number of carboxylic acid groups (broad SMARTS) is 1. The Kier molecular flexibility index (Phi) is 13.0. The second kappa shape index (κ2) is 13.5. The van der Waals surface area contributed by atoms with Crippen molar-refractivity contribution in [3.8, 4) is 0 Å². The molecule has 96 valence electrons. The number of alkyl halides is 1. The van der Waals surface area contributed by atoms with Gasteiger partial charge in [-0.1, -0.05) is 59.0 Å². The number of hydrogen-bond acceptors (Lipinski definition) is 1. The molecule has 2 nitrogen and oxygen atoms in total. The molecule has 0 aliphatic heterocycles. The first-order valence-corrected chi connectivity index (χ1v) is 7.52. The Morgan fingerprint density at radius 2 is 1.47 bits per heavy atom. The van der Waals surface area contributed by atoms with Gasteiger partial charge in [0.2, 0.25) is 0 Å². The highest BCUT2D eigenvalue weighted by molar-refractivity contribution is 14.1. The summed E-state index contributed by atoms with van der Waals surface area (Å²) in [7, 11) is 0. The normalized spacial score (nSPS) is 12.1. The topological polar surface area (TPSA) is 37.3 Å². The third-order valence-electron chi connectivity index (χ3n) is 2.08. The van der Waals surface area contributed by atoms with Gasteiger partial charge in [0.25, 0.3) is 0 Å². The number of carboxylic acids is 1. The minimum Gasteiger partial charge on any atom is -0.481 e. The lowest BCUT2D eigenvalue weighted by molar-refractivity contribution is -0.137. The van der Waals surface area contributed by atoms with Gasteiger partial charge in [0.15, 0.2) is 0 Å². The third-order valence-corrected chi connectivity index (χ3v) is 2.70. The van der Waals surface area contributed by atoms with Crippen LogP contribution in [-0.2, 0) is 4.79 Å². The molecule has 0 fully saturated rings. The van der Waals surface area contributed by atoms with Crippen molar-refractivity contribution in [1.82, 2.24) is 0 Å². The van der Waals surface area contributed by atoms with E-state index >= 15 is 0 Å². The van der Waals surface area contributed by atoms with Crippen molar-refractivity contribution in [2.45, 2.75) is 38.5 Å². The van der Waals surface area contributed by atoms with Crippen LogP contribution in [0, 0.1) is 0 Å². The Balaban J connectivity index is 3.34. The van der Waals surface area contributed by atoms with Crippen molar-refractivity contribution >= 4 is 28.6 Å². The van der Waals surface area contributed by atoms with E-state index in [-0.39, 0.29) is 6.42 Å². The highest BCUT2D eigenvalue weighted by atomic mass is 127. The molecule has 0 saturated carbocycles. The zero-order valence-corrected chi connectivity index (χ0v) is 12.3. The molecule has 1 N–H and O–H groups in total. The summed E-state index contributed by atoms with van der Waals surface area (Å²) in [4.78, 5) is 10.2. The van der Waals surface area contributed by atoms with Crippen LogP contribution in [0.25, 0.3) is 0 Å². The van der Waals surface area contributed by atoms with Crippen LogP contribution in [0.3, 0.4) is 0 Å². The number of rotatable bonds is 10. The monoisotopic (exact) mass is 348 g/mol. The summed E-state index contributed by atoms with van der Waals surface area (Å²) in [6, 6.07) is 0. The molecule has 0 spiro atoms. The van der Waals surface area contributed by atoms with E-state index < -0.39 is 5.97 Å². The second-order valence-electron chi connectivity index (χ2n) is 3.65. The molecule has 0 unspecified atom stereocenters. The summed E-state index contributed by atoms with van der Waals surface area (Å²) in [5, 5.41) is 8.43. The fourth-order valence-corrected chi connectivity index (χ4v) is 1.57. The molecule has 0 saturated heterocycles. The maximum Gasteiger partial charge on any atom is 0.303 e. The molecule has 0 aromatic rings. The Morgan fingerprint density at radius 1 is 0.941 bits per heavy atom. The summed E-state index contributed by atoms with van der Waals surface area (Å²) in [6.45, 7) is 0. The molecule has 0 aliphatic rings. The van der Waals surface area contributed by atoms with Crippen LogP contribution < -0.4 is 0 Å². The molecular weight excluding hydrogens is 327 g/mol. The molecule has 0 atom stereocenters. The second-order valence-corrected chi connectivity index (χ2v) is 4.73. The molecule has 0 rings (SSSR count). The Labute approximate surface area is 118 Å².